The van der Waals surface area contributed by atoms with E-state index in [1.54, 1.807) is 12.1 Å². The number of benzene rings is 1. The first-order valence-corrected chi connectivity index (χ1v) is 7.94. The predicted octanol–water partition coefficient (Wildman–Crippen LogP) is 6.07. The second-order valence-corrected chi connectivity index (χ2v) is 5.77. The van der Waals surface area contributed by atoms with Crippen LogP contribution in [-0.2, 0) is 6.42 Å². The van der Waals surface area contributed by atoms with Crippen molar-refractivity contribution >= 4 is 5.57 Å². The van der Waals surface area contributed by atoms with Crippen molar-refractivity contribution in [2.75, 3.05) is 0 Å². The van der Waals surface area contributed by atoms with Gasteiger partial charge in [0.1, 0.15) is 0 Å². The fraction of sp³-hybridized carbons (Fsp3) is 0.474. The van der Waals surface area contributed by atoms with Crippen molar-refractivity contribution in [3.05, 3.63) is 53.1 Å². The molecule has 114 valence electrons. The van der Waals surface area contributed by atoms with E-state index in [-0.39, 0.29) is 0 Å². The highest BCUT2D eigenvalue weighted by Gasteiger charge is 2.19. The normalized spacial score (nSPS) is 19.0. The number of aryl methyl sites for hydroxylation is 1. The van der Waals surface area contributed by atoms with Crippen molar-refractivity contribution < 1.29 is 8.78 Å². The Morgan fingerprint density at radius 2 is 2.05 bits per heavy atom. The molecule has 0 fully saturated rings. The molecule has 21 heavy (non-hydrogen) atoms. The molecule has 0 N–H and O–H groups in total. The summed E-state index contributed by atoms with van der Waals surface area (Å²) in [6.07, 6.45) is 12.1. The van der Waals surface area contributed by atoms with Crippen LogP contribution in [0.5, 0.6) is 0 Å². The predicted molar refractivity (Wildman–Crippen MR) is 85.1 cm³/mol. The maximum atomic E-state index is 14.2. The summed E-state index contributed by atoms with van der Waals surface area (Å²) in [6, 6.07) is 3.45. The lowest BCUT2D eigenvalue weighted by Crippen LogP contribution is -2.07. The zero-order valence-corrected chi connectivity index (χ0v) is 13.0. The van der Waals surface area contributed by atoms with Gasteiger partial charge in [0.05, 0.1) is 0 Å². The lowest BCUT2D eigenvalue weighted by molar-refractivity contribution is 0.452. The minimum absolute atomic E-state index is 0.455. The lowest BCUT2D eigenvalue weighted by atomic mass is 9.84. The highest BCUT2D eigenvalue weighted by molar-refractivity contribution is 5.67. The van der Waals surface area contributed by atoms with Gasteiger partial charge in [0.15, 0.2) is 11.6 Å². The zero-order chi connectivity index (χ0) is 15.2. The SMILES string of the molecule is C/C=C/CCC1CC=C(c2ccc(CC)c(F)c2F)CC1. The molecule has 0 nitrogen and oxygen atoms in total. The molecule has 1 aliphatic carbocycles. The standard InChI is InChI=1S/C19H24F2/c1-3-5-6-7-14-8-10-16(11-9-14)17-13-12-15(4-2)18(20)19(17)21/h3,5,10,12-14H,4,6-9,11H2,1-2H3/b5-3+. The van der Waals surface area contributed by atoms with Crippen molar-refractivity contribution in [1.29, 1.82) is 0 Å². The smallest absolute Gasteiger partial charge is 0.166 e. The van der Waals surface area contributed by atoms with Gasteiger partial charge in [-0.15, -0.1) is 0 Å². The summed E-state index contributed by atoms with van der Waals surface area (Å²) in [5, 5.41) is 0. The van der Waals surface area contributed by atoms with Crippen LogP contribution in [0.1, 0.15) is 57.1 Å². The Hall–Kier alpha value is -1.44. The maximum absolute atomic E-state index is 14.2. The second kappa shape index (κ2) is 7.53. The van der Waals surface area contributed by atoms with Crippen molar-refractivity contribution in [2.24, 2.45) is 5.92 Å². The summed E-state index contributed by atoms with van der Waals surface area (Å²) in [5.41, 5.74) is 1.88. The number of hydrogen-bond acceptors (Lipinski definition) is 0. The quantitative estimate of drug-likeness (QED) is 0.577. The molecule has 1 atom stereocenters. The van der Waals surface area contributed by atoms with Crippen LogP contribution in [0.3, 0.4) is 0 Å². The molecule has 1 aromatic rings. The van der Waals surface area contributed by atoms with E-state index in [2.05, 4.69) is 18.2 Å². The molecule has 1 aliphatic rings. The monoisotopic (exact) mass is 290 g/mol. The van der Waals surface area contributed by atoms with Gasteiger partial charge in [-0.05, 0) is 62.5 Å². The molecule has 0 saturated heterocycles. The van der Waals surface area contributed by atoms with Gasteiger partial charge in [-0.2, -0.15) is 0 Å². The third-order valence-electron chi connectivity index (χ3n) is 4.39. The zero-order valence-electron chi connectivity index (χ0n) is 13.0. The van der Waals surface area contributed by atoms with E-state index in [0.29, 0.717) is 23.5 Å². The van der Waals surface area contributed by atoms with E-state index in [1.807, 2.05) is 13.8 Å². The first-order valence-electron chi connectivity index (χ1n) is 7.94. The van der Waals surface area contributed by atoms with Crippen LogP contribution in [0, 0.1) is 17.6 Å². The van der Waals surface area contributed by atoms with Gasteiger partial charge < -0.3 is 0 Å². The summed E-state index contributed by atoms with van der Waals surface area (Å²) in [5.74, 6) is -0.674. The van der Waals surface area contributed by atoms with E-state index < -0.39 is 11.6 Å². The number of hydrogen-bond donors (Lipinski definition) is 0. The van der Waals surface area contributed by atoms with Crippen LogP contribution in [0.4, 0.5) is 8.78 Å². The van der Waals surface area contributed by atoms with Crippen molar-refractivity contribution in [1.82, 2.24) is 0 Å². The molecule has 0 aromatic heterocycles. The first-order chi connectivity index (χ1) is 10.2. The second-order valence-electron chi connectivity index (χ2n) is 5.77. The van der Waals surface area contributed by atoms with Gasteiger partial charge in [0.25, 0.3) is 0 Å². The molecule has 0 saturated carbocycles. The maximum Gasteiger partial charge on any atom is 0.166 e. The van der Waals surface area contributed by atoms with E-state index in [1.165, 1.54) is 6.42 Å². The first kappa shape index (κ1) is 15.9. The molecule has 2 rings (SSSR count). The molecular formula is C19H24F2. The molecule has 0 spiro atoms. The Morgan fingerprint density at radius 3 is 2.67 bits per heavy atom. The molecule has 0 aliphatic heterocycles. The Bertz CT molecular complexity index is 541. The summed E-state index contributed by atoms with van der Waals surface area (Å²) < 4.78 is 28.0. The van der Waals surface area contributed by atoms with Crippen molar-refractivity contribution in [2.45, 2.75) is 52.4 Å². The Kier molecular flexibility index (Phi) is 5.72. The largest absolute Gasteiger partial charge is 0.203 e. The summed E-state index contributed by atoms with van der Waals surface area (Å²) >= 11 is 0. The minimum atomic E-state index is -0.675. The molecule has 0 radical (unpaired) electrons. The third-order valence-corrected chi connectivity index (χ3v) is 4.39. The summed E-state index contributed by atoms with van der Waals surface area (Å²) in [6.45, 7) is 3.88. The average Bonchev–Trinajstić information content (AvgIpc) is 2.51. The summed E-state index contributed by atoms with van der Waals surface area (Å²) in [7, 11) is 0. The molecule has 1 unspecified atom stereocenters. The Labute approximate surface area is 126 Å². The van der Waals surface area contributed by atoms with Crippen LogP contribution in [0.2, 0.25) is 0 Å². The molecule has 2 heteroatoms. The van der Waals surface area contributed by atoms with Crippen LogP contribution in [-0.4, -0.2) is 0 Å². The molecule has 0 amide bonds. The number of rotatable bonds is 5. The van der Waals surface area contributed by atoms with Gasteiger partial charge in [0.2, 0.25) is 0 Å². The fourth-order valence-corrected chi connectivity index (χ4v) is 3.00. The molecule has 1 aromatic carbocycles. The van der Waals surface area contributed by atoms with Crippen LogP contribution >= 0.6 is 0 Å². The van der Waals surface area contributed by atoms with Gasteiger partial charge in [-0.1, -0.05) is 37.3 Å². The molecule has 0 bridgehead atoms. The van der Waals surface area contributed by atoms with Crippen molar-refractivity contribution in [3.8, 4) is 0 Å². The Morgan fingerprint density at radius 1 is 1.24 bits per heavy atom. The molecule has 0 heterocycles. The van der Waals surface area contributed by atoms with Gasteiger partial charge in [0, 0.05) is 5.56 Å². The lowest BCUT2D eigenvalue weighted by Gasteiger charge is -2.22. The van der Waals surface area contributed by atoms with E-state index in [0.717, 1.165) is 31.3 Å². The van der Waals surface area contributed by atoms with Gasteiger partial charge in [-0.25, -0.2) is 8.78 Å². The fourth-order valence-electron chi connectivity index (χ4n) is 3.00. The highest BCUT2D eigenvalue weighted by Crippen LogP contribution is 2.34. The van der Waals surface area contributed by atoms with E-state index in [9.17, 15) is 8.78 Å². The van der Waals surface area contributed by atoms with Crippen LogP contribution in [0.15, 0.2) is 30.4 Å². The average molecular weight is 290 g/mol. The van der Waals surface area contributed by atoms with Gasteiger partial charge >= 0.3 is 0 Å². The van der Waals surface area contributed by atoms with Crippen LogP contribution < -0.4 is 0 Å². The highest BCUT2D eigenvalue weighted by atomic mass is 19.2. The topological polar surface area (TPSA) is 0 Å². The van der Waals surface area contributed by atoms with E-state index >= 15 is 0 Å². The third kappa shape index (κ3) is 3.81. The Balaban J connectivity index is 2.09. The van der Waals surface area contributed by atoms with Crippen LogP contribution in [0.25, 0.3) is 5.57 Å². The van der Waals surface area contributed by atoms with Crippen molar-refractivity contribution in [3.63, 3.8) is 0 Å². The van der Waals surface area contributed by atoms with Gasteiger partial charge in [-0.3, -0.25) is 0 Å². The number of halogens is 2. The minimum Gasteiger partial charge on any atom is -0.203 e. The molecular weight excluding hydrogens is 266 g/mol. The summed E-state index contributed by atoms with van der Waals surface area (Å²) in [4.78, 5) is 0. The number of allylic oxidation sites excluding steroid dienone is 4. The van der Waals surface area contributed by atoms with E-state index in [4.69, 9.17) is 0 Å².